The summed E-state index contributed by atoms with van der Waals surface area (Å²) in [6.45, 7) is 3.82. The maximum atomic E-state index is 13.7. The topological polar surface area (TPSA) is 79.1 Å². The van der Waals surface area contributed by atoms with Crippen LogP contribution in [-0.2, 0) is 9.53 Å². The highest BCUT2D eigenvalue weighted by molar-refractivity contribution is 7.07. The maximum absolute atomic E-state index is 13.7. The summed E-state index contributed by atoms with van der Waals surface area (Å²) in [5, 5.41) is 0. The quantitative estimate of drug-likeness (QED) is 0.378. The summed E-state index contributed by atoms with van der Waals surface area (Å²) >= 11 is 1.25. The Kier molecular flexibility index (Phi) is 7.18. The largest absolute Gasteiger partial charge is 0.497 e. The normalized spacial score (nSPS) is 15.1. The van der Waals surface area contributed by atoms with E-state index in [0.29, 0.717) is 32.1 Å². The number of nitrogens with zero attached hydrogens (tertiary/aromatic N) is 2. The molecule has 4 rings (SSSR count). The highest BCUT2D eigenvalue weighted by Gasteiger charge is 2.33. The van der Waals surface area contributed by atoms with Gasteiger partial charge in [-0.2, -0.15) is 0 Å². The predicted octanol–water partition coefficient (Wildman–Crippen LogP) is 2.82. The molecule has 0 spiro atoms. The van der Waals surface area contributed by atoms with Crippen LogP contribution < -0.4 is 24.4 Å². The molecule has 2 aromatic carbocycles. The zero-order valence-electron chi connectivity index (χ0n) is 19.6. The summed E-state index contributed by atoms with van der Waals surface area (Å²) in [6.07, 6.45) is 7.08. The number of thiazole rings is 1. The average Bonchev–Trinajstić information content (AvgIpc) is 3.17. The van der Waals surface area contributed by atoms with E-state index in [0.717, 1.165) is 11.1 Å². The lowest BCUT2D eigenvalue weighted by Crippen LogP contribution is -2.39. The van der Waals surface area contributed by atoms with Crippen molar-refractivity contribution in [2.75, 3.05) is 20.3 Å². The van der Waals surface area contributed by atoms with Crippen molar-refractivity contribution in [3.05, 3.63) is 90.6 Å². The molecule has 1 aliphatic heterocycles. The van der Waals surface area contributed by atoms with Crippen molar-refractivity contribution >= 4 is 23.4 Å². The minimum absolute atomic E-state index is 0.117. The van der Waals surface area contributed by atoms with Crippen molar-refractivity contribution in [2.24, 2.45) is 4.99 Å². The van der Waals surface area contributed by atoms with E-state index in [1.807, 2.05) is 30.3 Å². The van der Waals surface area contributed by atoms with Gasteiger partial charge >= 0.3 is 5.97 Å². The molecular formula is C27H24N2O5S. The Morgan fingerprint density at radius 2 is 1.97 bits per heavy atom. The summed E-state index contributed by atoms with van der Waals surface area (Å²) < 4.78 is 18.2. The number of fused-ring (bicyclic) bond motifs is 1. The molecule has 0 amide bonds. The second-order valence-electron chi connectivity index (χ2n) is 7.61. The molecule has 1 atom stereocenters. The van der Waals surface area contributed by atoms with Crippen molar-refractivity contribution < 1.29 is 19.0 Å². The number of hydrogen-bond donors (Lipinski definition) is 0. The standard InChI is InChI=1S/C27H24N2O5S/c1-5-15-34-21-10-8-7-9-19(21)16-22-25(30)29-24(18-11-13-20(32-4)14-12-18)23(26(31)33-6-2)17(3)28-27(29)35-22/h1,7-14,16,24H,6,15H2,2-4H3/b22-16+. The zero-order chi connectivity index (χ0) is 24.9. The molecule has 0 saturated heterocycles. The second kappa shape index (κ2) is 10.5. The Labute approximate surface area is 206 Å². The number of carbonyl (C=O) groups is 1. The first-order valence-electron chi connectivity index (χ1n) is 11.0. The average molecular weight is 489 g/mol. The van der Waals surface area contributed by atoms with E-state index >= 15 is 0 Å². The van der Waals surface area contributed by atoms with Crippen LogP contribution in [0.3, 0.4) is 0 Å². The van der Waals surface area contributed by atoms with Gasteiger partial charge in [0.2, 0.25) is 0 Å². The van der Waals surface area contributed by atoms with Crippen LogP contribution in [0.5, 0.6) is 11.5 Å². The number of allylic oxidation sites excluding steroid dienone is 1. The lowest BCUT2D eigenvalue weighted by molar-refractivity contribution is -0.139. The summed E-state index contributed by atoms with van der Waals surface area (Å²) in [6, 6.07) is 13.9. The smallest absolute Gasteiger partial charge is 0.338 e. The summed E-state index contributed by atoms with van der Waals surface area (Å²) in [7, 11) is 1.58. The third-order valence-electron chi connectivity index (χ3n) is 5.47. The summed E-state index contributed by atoms with van der Waals surface area (Å²) in [5.41, 5.74) is 2.03. The third-order valence-corrected chi connectivity index (χ3v) is 6.45. The SMILES string of the molecule is C#CCOc1ccccc1/C=c1/sc2n(c1=O)C(c1ccc(OC)cc1)C(C(=O)OCC)=C(C)N=2. The van der Waals surface area contributed by atoms with Gasteiger partial charge in [0.1, 0.15) is 18.1 Å². The number of hydrogen-bond acceptors (Lipinski definition) is 7. The molecule has 0 aliphatic carbocycles. The van der Waals surface area contributed by atoms with Gasteiger partial charge in [-0.3, -0.25) is 9.36 Å². The predicted molar refractivity (Wildman–Crippen MR) is 134 cm³/mol. The highest BCUT2D eigenvalue weighted by atomic mass is 32.1. The number of rotatable bonds is 7. The fraction of sp³-hybridized carbons (Fsp3) is 0.222. The van der Waals surface area contributed by atoms with Gasteiger partial charge in [0.15, 0.2) is 4.80 Å². The molecule has 8 heteroatoms. The van der Waals surface area contributed by atoms with Gasteiger partial charge in [0, 0.05) is 5.56 Å². The monoisotopic (exact) mass is 488 g/mol. The van der Waals surface area contributed by atoms with Gasteiger partial charge in [-0.25, -0.2) is 9.79 Å². The van der Waals surface area contributed by atoms with Crippen LogP contribution in [-0.4, -0.2) is 30.9 Å². The lowest BCUT2D eigenvalue weighted by Gasteiger charge is -2.24. The molecule has 1 aliphatic rings. The van der Waals surface area contributed by atoms with E-state index < -0.39 is 12.0 Å². The first kappa shape index (κ1) is 24.0. The van der Waals surface area contributed by atoms with Gasteiger partial charge < -0.3 is 14.2 Å². The van der Waals surface area contributed by atoms with Gasteiger partial charge in [-0.15, -0.1) is 6.42 Å². The number of carbonyl (C=O) groups excluding carboxylic acids is 1. The molecule has 178 valence electrons. The van der Waals surface area contributed by atoms with Gasteiger partial charge in [-0.05, 0) is 43.7 Å². The first-order chi connectivity index (χ1) is 17.0. The van der Waals surface area contributed by atoms with Crippen LogP contribution >= 0.6 is 11.3 Å². The third kappa shape index (κ3) is 4.77. The zero-order valence-corrected chi connectivity index (χ0v) is 20.4. The molecular weight excluding hydrogens is 464 g/mol. The Morgan fingerprint density at radius 1 is 1.23 bits per heavy atom. The van der Waals surface area contributed by atoms with Crippen LogP contribution in [0.15, 0.2) is 69.6 Å². The fourth-order valence-electron chi connectivity index (χ4n) is 3.88. The van der Waals surface area contributed by atoms with Gasteiger partial charge in [0.05, 0.1) is 35.6 Å². The molecule has 35 heavy (non-hydrogen) atoms. The molecule has 7 nitrogen and oxygen atoms in total. The number of methoxy groups -OCH3 is 1. The van der Waals surface area contributed by atoms with Crippen LogP contribution in [0.25, 0.3) is 6.08 Å². The highest BCUT2D eigenvalue weighted by Crippen LogP contribution is 2.31. The van der Waals surface area contributed by atoms with Crippen molar-refractivity contribution in [2.45, 2.75) is 19.9 Å². The Morgan fingerprint density at radius 3 is 2.66 bits per heavy atom. The van der Waals surface area contributed by atoms with E-state index in [1.165, 1.54) is 11.3 Å². The first-order valence-corrected chi connectivity index (χ1v) is 11.8. The van der Waals surface area contributed by atoms with E-state index in [1.54, 1.807) is 49.8 Å². The van der Waals surface area contributed by atoms with Crippen molar-refractivity contribution in [3.63, 3.8) is 0 Å². The van der Waals surface area contributed by atoms with E-state index in [-0.39, 0.29) is 18.8 Å². The molecule has 0 bridgehead atoms. The number of esters is 1. The second-order valence-corrected chi connectivity index (χ2v) is 8.62. The number of terminal acetylenes is 1. The maximum Gasteiger partial charge on any atom is 0.338 e. The Balaban J connectivity index is 1.92. The van der Waals surface area contributed by atoms with Gasteiger partial charge in [-0.1, -0.05) is 47.6 Å². The van der Waals surface area contributed by atoms with Crippen LogP contribution in [0.1, 0.15) is 31.0 Å². The molecule has 0 saturated carbocycles. The van der Waals surface area contributed by atoms with Crippen LogP contribution in [0, 0.1) is 12.3 Å². The number of para-hydroxylation sites is 1. The molecule has 0 radical (unpaired) electrons. The lowest BCUT2D eigenvalue weighted by atomic mass is 9.96. The molecule has 3 aromatic rings. The van der Waals surface area contributed by atoms with E-state index in [2.05, 4.69) is 10.9 Å². The van der Waals surface area contributed by atoms with Crippen LogP contribution in [0.4, 0.5) is 0 Å². The number of aromatic nitrogens is 1. The van der Waals surface area contributed by atoms with Gasteiger partial charge in [0.25, 0.3) is 5.56 Å². The summed E-state index contributed by atoms with van der Waals surface area (Å²) in [5.74, 6) is 3.19. The molecule has 1 aromatic heterocycles. The minimum atomic E-state index is -0.689. The van der Waals surface area contributed by atoms with Crippen molar-refractivity contribution in [1.29, 1.82) is 0 Å². The molecule has 1 unspecified atom stereocenters. The van der Waals surface area contributed by atoms with Crippen molar-refractivity contribution in [3.8, 4) is 23.8 Å². The fourth-order valence-corrected chi connectivity index (χ4v) is 4.92. The Bertz CT molecular complexity index is 1510. The van der Waals surface area contributed by atoms with Crippen LogP contribution in [0.2, 0.25) is 0 Å². The number of ether oxygens (including phenoxy) is 3. The minimum Gasteiger partial charge on any atom is -0.497 e. The molecule has 0 fully saturated rings. The van der Waals surface area contributed by atoms with Crippen molar-refractivity contribution in [1.82, 2.24) is 4.57 Å². The molecule has 0 N–H and O–H groups in total. The Hall–Kier alpha value is -4.09. The molecule has 2 heterocycles. The summed E-state index contributed by atoms with van der Waals surface area (Å²) in [4.78, 5) is 31.7. The van der Waals surface area contributed by atoms with E-state index in [9.17, 15) is 9.59 Å². The number of benzene rings is 2. The van der Waals surface area contributed by atoms with E-state index in [4.69, 9.17) is 20.6 Å².